The molecule has 0 N–H and O–H groups in total. The quantitative estimate of drug-likeness (QED) is 0.322. The Morgan fingerprint density at radius 1 is 0.731 bits per heavy atom. The van der Waals surface area contributed by atoms with Crippen LogP contribution in [0.5, 0.6) is 0 Å². The second-order valence-corrected chi connectivity index (χ2v) is 7.29. The van der Waals surface area contributed by atoms with Crippen molar-refractivity contribution >= 4 is 32.6 Å². The zero-order chi connectivity index (χ0) is 17.3. The molecule has 26 heavy (non-hydrogen) atoms. The van der Waals surface area contributed by atoms with Gasteiger partial charge >= 0.3 is 0 Å². The Morgan fingerprint density at radius 2 is 1.58 bits per heavy atom. The van der Waals surface area contributed by atoms with Crippen molar-refractivity contribution in [1.29, 1.82) is 0 Å². The molecule has 0 unspecified atom stereocenters. The first-order valence-corrected chi connectivity index (χ1v) is 9.40. The number of nitrogens with zero attached hydrogens (tertiary/aromatic N) is 1. The van der Waals surface area contributed by atoms with E-state index in [-0.39, 0.29) is 0 Å². The van der Waals surface area contributed by atoms with Gasteiger partial charge in [-0.1, -0.05) is 60.7 Å². The number of aromatic nitrogens is 1. The van der Waals surface area contributed by atoms with Gasteiger partial charge in [0, 0.05) is 28.2 Å². The highest BCUT2D eigenvalue weighted by molar-refractivity contribution is 6.18. The van der Waals surface area contributed by atoms with Gasteiger partial charge in [0.25, 0.3) is 0 Å². The predicted octanol–water partition coefficient (Wildman–Crippen LogP) is 6.54. The SMILES string of the molecule is CCn1c2cc3c(cc2c2ccc4ccccc4c21)Cc1ccccc1-3. The number of rotatable bonds is 1. The van der Waals surface area contributed by atoms with Crippen molar-refractivity contribution in [1.82, 2.24) is 4.57 Å². The van der Waals surface area contributed by atoms with Gasteiger partial charge < -0.3 is 4.57 Å². The first-order valence-electron chi connectivity index (χ1n) is 9.40. The lowest BCUT2D eigenvalue weighted by molar-refractivity contribution is 0.829. The molecule has 1 aliphatic rings. The van der Waals surface area contributed by atoms with Crippen molar-refractivity contribution < 1.29 is 0 Å². The number of fused-ring (bicyclic) bond motifs is 8. The molecule has 0 saturated carbocycles. The summed E-state index contributed by atoms with van der Waals surface area (Å²) in [6.45, 7) is 3.23. The Hall–Kier alpha value is -3.06. The normalized spacial score (nSPS) is 12.8. The number of benzene rings is 4. The highest BCUT2D eigenvalue weighted by Gasteiger charge is 2.21. The Bertz CT molecular complexity index is 1340. The summed E-state index contributed by atoms with van der Waals surface area (Å²) in [5.41, 5.74) is 8.46. The summed E-state index contributed by atoms with van der Waals surface area (Å²) in [5.74, 6) is 0. The molecule has 0 aliphatic heterocycles. The summed E-state index contributed by atoms with van der Waals surface area (Å²) in [4.78, 5) is 0. The standard InChI is InChI=1S/C25H19N/c1-2-26-24-15-22-18(13-17-8-4-5-9-19(17)22)14-23(24)21-12-11-16-7-3-6-10-20(16)25(21)26/h3-12,14-15H,2,13H2,1H3. The van der Waals surface area contributed by atoms with Crippen LogP contribution in [0, 0.1) is 0 Å². The first kappa shape index (κ1) is 14.1. The Labute approximate surface area is 152 Å². The van der Waals surface area contributed by atoms with Crippen molar-refractivity contribution in [3.05, 3.63) is 83.9 Å². The topological polar surface area (TPSA) is 4.93 Å². The largest absolute Gasteiger partial charge is 0.340 e. The van der Waals surface area contributed by atoms with Crippen molar-refractivity contribution in [2.24, 2.45) is 0 Å². The van der Waals surface area contributed by atoms with Gasteiger partial charge in [0.15, 0.2) is 0 Å². The summed E-state index contributed by atoms with van der Waals surface area (Å²) < 4.78 is 2.49. The molecular formula is C25H19N. The van der Waals surface area contributed by atoms with E-state index in [2.05, 4.69) is 84.3 Å². The second-order valence-electron chi connectivity index (χ2n) is 7.29. The molecule has 0 spiro atoms. The molecule has 124 valence electrons. The summed E-state index contributed by atoms with van der Waals surface area (Å²) in [6.07, 6.45) is 1.05. The minimum Gasteiger partial charge on any atom is -0.340 e. The molecule has 1 nitrogen and oxygen atoms in total. The summed E-state index contributed by atoms with van der Waals surface area (Å²) in [7, 11) is 0. The third kappa shape index (κ3) is 1.70. The van der Waals surface area contributed by atoms with E-state index >= 15 is 0 Å². The minimum atomic E-state index is 0.981. The van der Waals surface area contributed by atoms with Crippen LogP contribution in [0.15, 0.2) is 72.8 Å². The van der Waals surface area contributed by atoms with Crippen LogP contribution >= 0.6 is 0 Å². The molecular weight excluding hydrogens is 314 g/mol. The number of aryl methyl sites for hydroxylation is 1. The van der Waals surface area contributed by atoms with Crippen LogP contribution in [0.1, 0.15) is 18.1 Å². The average Bonchev–Trinajstić information content (AvgIpc) is 3.21. The fourth-order valence-corrected chi connectivity index (χ4v) is 4.82. The summed E-state index contributed by atoms with van der Waals surface area (Å²) in [5, 5.41) is 5.43. The van der Waals surface area contributed by atoms with Gasteiger partial charge in [0.2, 0.25) is 0 Å². The van der Waals surface area contributed by atoms with Crippen LogP contribution in [-0.2, 0) is 13.0 Å². The van der Waals surface area contributed by atoms with Crippen molar-refractivity contribution in [2.45, 2.75) is 19.9 Å². The highest BCUT2D eigenvalue weighted by Crippen LogP contribution is 2.42. The van der Waals surface area contributed by atoms with E-state index in [0.29, 0.717) is 0 Å². The maximum absolute atomic E-state index is 2.49. The van der Waals surface area contributed by atoms with E-state index in [9.17, 15) is 0 Å². The van der Waals surface area contributed by atoms with E-state index in [1.54, 1.807) is 0 Å². The molecule has 0 radical (unpaired) electrons. The summed E-state index contributed by atoms with van der Waals surface area (Å²) >= 11 is 0. The molecule has 1 heterocycles. The lowest BCUT2D eigenvalue weighted by Gasteiger charge is -2.07. The number of hydrogen-bond acceptors (Lipinski definition) is 0. The number of hydrogen-bond donors (Lipinski definition) is 0. The average molecular weight is 333 g/mol. The Kier molecular flexibility index (Phi) is 2.71. The smallest absolute Gasteiger partial charge is 0.0570 e. The highest BCUT2D eigenvalue weighted by atomic mass is 15.0. The van der Waals surface area contributed by atoms with Crippen LogP contribution in [-0.4, -0.2) is 4.57 Å². The van der Waals surface area contributed by atoms with Gasteiger partial charge in [-0.2, -0.15) is 0 Å². The van der Waals surface area contributed by atoms with Crippen LogP contribution in [0.25, 0.3) is 43.7 Å². The van der Waals surface area contributed by atoms with Crippen molar-refractivity contribution in [3.63, 3.8) is 0 Å². The van der Waals surface area contributed by atoms with Crippen molar-refractivity contribution in [3.8, 4) is 11.1 Å². The second kappa shape index (κ2) is 4.98. The zero-order valence-corrected chi connectivity index (χ0v) is 14.8. The molecule has 5 aromatic rings. The third-order valence-electron chi connectivity index (χ3n) is 5.98. The van der Waals surface area contributed by atoms with E-state index in [0.717, 1.165) is 13.0 Å². The summed E-state index contributed by atoms with van der Waals surface area (Å²) in [6, 6.07) is 27.0. The van der Waals surface area contributed by atoms with E-state index in [1.165, 1.54) is 54.8 Å². The molecule has 6 rings (SSSR count). The molecule has 0 bridgehead atoms. The molecule has 1 aliphatic carbocycles. The van der Waals surface area contributed by atoms with E-state index < -0.39 is 0 Å². The van der Waals surface area contributed by atoms with Gasteiger partial charge in [0.05, 0.1) is 5.52 Å². The molecule has 0 atom stereocenters. The molecule has 0 fully saturated rings. The molecule has 4 aromatic carbocycles. The van der Waals surface area contributed by atoms with Gasteiger partial charge in [-0.05, 0) is 53.1 Å². The van der Waals surface area contributed by atoms with E-state index in [4.69, 9.17) is 0 Å². The Balaban J connectivity index is 1.79. The van der Waals surface area contributed by atoms with Crippen LogP contribution in [0.2, 0.25) is 0 Å². The lowest BCUT2D eigenvalue weighted by Crippen LogP contribution is -1.94. The maximum atomic E-state index is 2.49. The van der Waals surface area contributed by atoms with Crippen LogP contribution in [0.4, 0.5) is 0 Å². The molecule has 0 amide bonds. The van der Waals surface area contributed by atoms with Crippen LogP contribution in [0.3, 0.4) is 0 Å². The van der Waals surface area contributed by atoms with Gasteiger partial charge in [-0.15, -0.1) is 0 Å². The minimum absolute atomic E-state index is 0.981. The van der Waals surface area contributed by atoms with Crippen molar-refractivity contribution in [2.75, 3.05) is 0 Å². The van der Waals surface area contributed by atoms with E-state index in [1.807, 2.05) is 0 Å². The predicted molar refractivity (Wildman–Crippen MR) is 111 cm³/mol. The van der Waals surface area contributed by atoms with Gasteiger partial charge in [-0.3, -0.25) is 0 Å². The monoisotopic (exact) mass is 333 g/mol. The molecule has 1 heteroatoms. The third-order valence-corrected chi connectivity index (χ3v) is 5.98. The molecule has 1 aromatic heterocycles. The van der Waals surface area contributed by atoms with Gasteiger partial charge in [-0.25, -0.2) is 0 Å². The maximum Gasteiger partial charge on any atom is 0.0570 e. The zero-order valence-electron chi connectivity index (χ0n) is 14.8. The Morgan fingerprint density at radius 3 is 2.50 bits per heavy atom. The fourth-order valence-electron chi connectivity index (χ4n) is 4.82. The molecule has 0 saturated heterocycles. The fraction of sp³-hybridized carbons (Fsp3) is 0.120. The van der Waals surface area contributed by atoms with Gasteiger partial charge in [0.1, 0.15) is 0 Å². The van der Waals surface area contributed by atoms with Crippen LogP contribution < -0.4 is 0 Å². The lowest BCUT2D eigenvalue weighted by atomic mass is 10.0. The first-order chi connectivity index (χ1) is 12.8.